The Morgan fingerprint density at radius 1 is 1.24 bits per heavy atom. The molecule has 1 heterocycles. The Labute approximate surface area is 113 Å². The van der Waals surface area contributed by atoms with Crippen LogP contribution >= 0.6 is 15.9 Å². The molecule has 0 bridgehead atoms. The monoisotopic (exact) mass is 299 g/mol. The van der Waals surface area contributed by atoms with Gasteiger partial charge in [0.25, 0.3) is 0 Å². The van der Waals surface area contributed by atoms with E-state index in [1.54, 1.807) is 0 Å². The van der Waals surface area contributed by atoms with Crippen LogP contribution in [0.3, 0.4) is 0 Å². The smallest absolute Gasteiger partial charge is 0.144 e. The summed E-state index contributed by atoms with van der Waals surface area (Å²) in [6, 6.07) is 0. The molecular formula is C13H22BrN3. The number of hydrogen-bond acceptors (Lipinski definition) is 3. The van der Waals surface area contributed by atoms with Crippen LogP contribution in [0, 0.1) is 5.41 Å². The first-order chi connectivity index (χ1) is 7.87. The fraction of sp³-hybridized carbons (Fsp3) is 0.692. The average molecular weight is 300 g/mol. The molecule has 0 aliphatic rings. The first-order valence-electron chi connectivity index (χ1n) is 6.10. The number of anilines is 1. The fourth-order valence-electron chi connectivity index (χ4n) is 1.67. The Kier molecular flexibility index (Phi) is 4.92. The van der Waals surface area contributed by atoms with Crippen molar-refractivity contribution in [2.45, 2.75) is 47.0 Å². The highest BCUT2D eigenvalue weighted by Crippen LogP contribution is 2.26. The van der Waals surface area contributed by atoms with Crippen LogP contribution in [0.15, 0.2) is 4.47 Å². The van der Waals surface area contributed by atoms with E-state index in [0.717, 1.165) is 41.1 Å². The Morgan fingerprint density at radius 2 is 1.88 bits per heavy atom. The molecule has 17 heavy (non-hydrogen) atoms. The predicted molar refractivity (Wildman–Crippen MR) is 76.4 cm³/mol. The zero-order valence-electron chi connectivity index (χ0n) is 11.4. The number of hydrogen-bond donors (Lipinski definition) is 1. The van der Waals surface area contributed by atoms with Crippen molar-refractivity contribution in [2.75, 3.05) is 12.4 Å². The minimum atomic E-state index is 0.211. The molecule has 1 rings (SSSR count). The van der Waals surface area contributed by atoms with Gasteiger partial charge in [0.1, 0.15) is 11.6 Å². The van der Waals surface area contributed by atoms with Gasteiger partial charge in [-0.05, 0) is 27.8 Å². The first-order valence-corrected chi connectivity index (χ1v) is 6.89. The lowest BCUT2D eigenvalue weighted by molar-refractivity contribution is 0.400. The predicted octanol–water partition coefficient (Wildman–Crippen LogP) is 3.82. The molecular weight excluding hydrogens is 278 g/mol. The molecule has 4 heteroatoms. The lowest BCUT2D eigenvalue weighted by Gasteiger charge is -2.18. The summed E-state index contributed by atoms with van der Waals surface area (Å²) >= 11 is 3.57. The Hall–Kier alpha value is -0.640. The molecule has 0 spiro atoms. The molecule has 3 nitrogen and oxygen atoms in total. The van der Waals surface area contributed by atoms with Crippen LogP contribution in [-0.4, -0.2) is 17.0 Å². The van der Waals surface area contributed by atoms with Crippen molar-refractivity contribution in [1.29, 1.82) is 0 Å². The second kappa shape index (κ2) is 5.80. The van der Waals surface area contributed by atoms with E-state index in [9.17, 15) is 0 Å². The summed E-state index contributed by atoms with van der Waals surface area (Å²) in [5.74, 6) is 1.82. The molecule has 0 unspecified atom stereocenters. The Morgan fingerprint density at radius 3 is 2.35 bits per heavy atom. The van der Waals surface area contributed by atoms with Gasteiger partial charge in [-0.25, -0.2) is 9.97 Å². The molecule has 0 saturated carbocycles. The molecule has 0 fully saturated rings. The molecule has 1 N–H and O–H groups in total. The molecule has 0 saturated heterocycles. The summed E-state index contributed by atoms with van der Waals surface area (Å²) in [4.78, 5) is 9.21. The van der Waals surface area contributed by atoms with E-state index in [2.05, 4.69) is 58.9 Å². The zero-order valence-corrected chi connectivity index (χ0v) is 13.0. The van der Waals surface area contributed by atoms with Crippen molar-refractivity contribution in [1.82, 2.24) is 9.97 Å². The minimum Gasteiger partial charge on any atom is -0.372 e. The molecule has 0 aromatic carbocycles. The first kappa shape index (κ1) is 14.4. The van der Waals surface area contributed by atoms with E-state index < -0.39 is 0 Å². The van der Waals surface area contributed by atoms with Gasteiger partial charge < -0.3 is 5.32 Å². The third kappa shape index (κ3) is 4.26. The summed E-state index contributed by atoms with van der Waals surface area (Å²) in [5, 5.41) is 3.12. The van der Waals surface area contributed by atoms with Crippen LogP contribution < -0.4 is 5.32 Å². The fourth-order valence-corrected chi connectivity index (χ4v) is 2.24. The van der Waals surface area contributed by atoms with Crippen molar-refractivity contribution in [3.63, 3.8) is 0 Å². The molecule has 0 amide bonds. The van der Waals surface area contributed by atoms with Crippen molar-refractivity contribution >= 4 is 21.7 Å². The molecule has 0 aliphatic heterocycles. The van der Waals surface area contributed by atoms with Gasteiger partial charge in [0.05, 0.1) is 10.2 Å². The summed E-state index contributed by atoms with van der Waals surface area (Å²) in [5.41, 5.74) is 1.31. The lowest BCUT2D eigenvalue weighted by Crippen LogP contribution is -2.14. The van der Waals surface area contributed by atoms with Crippen LogP contribution in [0.25, 0.3) is 0 Å². The largest absolute Gasteiger partial charge is 0.372 e. The van der Waals surface area contributed by atoms with E-state index in [0.29, 0.717) is 0 Å². The maximum absolute atomic E-state index is 4.66. The van der Waals surface area contributed by atoms with E-state index in [1.165, 1.54) is 0 Å². The normalized spacial score (nSPS) is 11.6. The number of nitrogens with zero attached hydrogens (tertiary/aromatic N) is 2. The summed E-state index contributed by atoms with van der Waals surface area (Å²) in [6.07, 6.45) is 2.97. The minimum absolute atomic E-state index is 0.211. The van der Waals surface area contributed by atoms with Crippen LogP contribution in [0.2, 0.25) is 0 Å². The number of aromatic nitrogens is 2. The van der Waals surface area contributed by atoms with Gasteiger partial charge in [-0.2, -0.15) is 0 Å². The number of halogens is 1. The van der Waals surface area contributed by atoms with Gasteiger partial charge in [-0.15, -0.1) is 0 Å². The molecule has 96 valence electrons. The topological polar surface area (TPSA) is 37.8 Å². The van der Waals surface area contributed by atoms with Gasteiger partial charge in [-0.1, -0.05) is 34.1 Å². The van der Waals surface area contributed by atoms with Crippen molar-refractivity contribution in [3.05, 3.63) is 16.0 Å². The van der Waals surface area contributed by atoms with Crippen molar-refractivity contribution in [2.24, 2.45) is 5.41 Å². The molecule has 1 aromatic heterocycles. The van der Waals surface area contributed by atoms with E-state index in [1.807, 2.05) is 7.05 Å². The van der Waals surface area contributed by atoms with Gasteiger partial charge in [0.15, 0.2) is 0 Å². The van der Waals surface area contributed by atoms with Gasteiger partial charge in [0.2, 0.25) is 0 Å². The highest BCUT2D eigenvalue weighted by Gasteiger charge is 2.17. The Bertz CT molecular complexity index is 383. The van der Waals surface area contributed by atoms with Crippen LogP contribution in [0.5, 0.6) is 0 Å². The third-order valence-corrected chi connectivity index (χ3v) is 3.21. The van der Waals surface area contributed by atoms with Crippen LogP contribution in [-0.2, 0) is 12.8 Å². The van der Waals surface area contributed by atoms with E-state index >= 15 is 0 Å². The summed E-state index contributed by atoms with van der Waals surface area (Å²) in [6.45, 7) is 8.78. The molecule has 1 aromatic rings. The standard InChI is InChI=1S/C13H22BrN3/c1-6-7-9-11(14)12(15-5)17-10(16-9)8-13(2,3)4/h6-8H2,1-5H3,(H,15,16,17). The summed E-state index contributed by atoms with van der Waals surface area (Å²) in [7, 11) is 1.89. The summed E-state index contributed by atoms with van der Waals surface area (Å²) < 4.78 is 1.000. The third-order valence-electron chi connectivity index (χ3n) is 2.38. The van der Waals surface area contributed by atoms with E-state index in [4.69, 9.17) is 0 Å². The number of rotatable bonds is 4. The maximum atomic E-state index is 4.66. The van der Waals surface area contributed by atoms with Crippen LogP contribution in [0.1, 0.15) is 45.6 Å². The number of nitrogens with one attached hydrogen (secondary N) is 1. The Balaban J connectivity index is 3.11. The molecule has 0 atom stereocenters. The number of aryl methyl sites for hydroxylation is 1. The second-order valence-corrected chi connectivity index (χ2v) is 6.28. The zero-order chi connectivity index (χ0) is 13.1. The molecule has 0 aliphatic carbocycles. The van der Waals surface area contributed by atoms with Crippen molar-refractivity contribution in [3.8, 4) is 0 Å². The highest BCUT2D eigenvalue weighted by molar-refractivity contribution is 9.10. The quantitative estimate of drug-likeness (QED) is 0.918. The van der Waals surface area contributed by atoms with Gasteiger partial charge in [0, 0.05) is 13.5 Å². The van der Waals surface area contributed by atoms with Gasteiger partial charge in [-0.3, -0.25) is 0 Å². The van der Waals surface area contributed by atoms with Crippen molar-refractivity contribution < 1.29 is 0 Å². The highest BCUT2D eigenvalue weighted by atomic mass is 79.9. The average Bonchev–Trinajstić information content (AvgIpc) is 2.20. The van der Waals surface area contributed by atoms with Crippen LogP contribution in [0.4, 0.5) is 5.82 Å². The molecule has 0 radical (unpaired) electrons. The lowest BCUT2D eigenvalue weighted by atomic mass is 9.92. The van der Waals surface area contributed by atoms with E-state index in [-0.39, 0.29) is 5.41 Å². The van der Waals surface area contributed by atoms with Gasteiger partial charge >= 0.3 is 0 Å². The SMILES string of the molecule is CCCc1nc(CC(C)(C)C)nc(NC)c1Br. The maximum Gasteiger partial charge on any atom is 0.144 e. The second-order valence-electron chi connectivity index (χ2n) is 5.49.